The van der Waals surface area contributed by atoms with E-state index in [9.17, 15) is 4.79 Å². The minimum atomic E-state index is 0.130. The zero-order chi connectivity index (χ0) is 10.8. The first kappa shape index (κ1) is 11.2. The van der Waals surface area contributed by atoms with Crippen molar-refractivity contribution in [3.8, 4) is 0 Å². The zero-order valence-corrected chi connectivity index (χ0v) is 11.0. The highest BCUT2D eigenvalue weighted by molar-refractivity contribution is 9.10. The van der Waals surface area contributed by atoms with E-state index in [1.807, 2.05) is 7.05 Å². The summed E-state index contributed by atoms with van der Waals surface area (Å²) in [7, 11) is 1.81. The van der Waals surface area contributed by atoms with Crippen LogP contribution in [0.5, 0.6) is 0 Å². The number of carbonyl (C=O) groups excluding carboxylic acids is 1. The number of halogens is 1. The van der Waals surface area contributed by atoms with Crippen molar-refractivity contribution in [3.63, 3.8) is 0 Å². The fourth-order valence-corrected chi connectivity index (χ4v) is 3.58. The van der Waals surface area contributed by atoms with Crippen LogP contribution in [0.3, 0.4) is 0 Å². The van der Waals surface area contributed by atoms with Crippen LogP contribution in [0.2, 0.25) is 0 Å². The summed E-state index contributed by atoms with van der Waals surface area (Å²) in [4.78, 5) is 12.2. The third-order valence-corrected chi connectivity index (χ3v) is 4.56. The van der Waals surface area contributed by atoms with E-state index in [4.69, 9.17) is 0 Å². The van der Waals surface area contributed by atoms with Crippen LogP contribution in [-0.4, -0.2) is 26.6 Å². The number of aryl methyl sites for hydroxylation is 1. The molecular weight excluding hydrogens is 276 g/mol. The Hall–Kier alpha value is -0.290. The summed E-state index contributed by atoms with van der Waals surface area (Å²) in [6.45, 7) is 0. The highest BCUT2D eigenvalue weighted by atomic mass is 79.9. The second-order valence-electron chi connectivity index (χ2n) is 3.68. The van der Waals surface area contributed by atoms with Crippen molar-refractivity contribution in [1.29, 1.82) is 0 Å². The third kappa shape index (κ3) is 2.28. The third-order valence-electron chi connectivity index (χ3n) is 2.60. The molecule has 0 bridgehead atoms. The SMILES string of the molecule is Cn1ncc(Br)c1C(=O)C1CCCCS1. The van der Waals surface area contributed by atoms with Gasteiger partial charge in [0.15, 0.2) is 5.78 Å². The summed E-state index contributed by atoms with van der Waals surface area (Å²) >= 11 is 5.15. The number of thioether (sulfide) groups is 1. The first-order valence-corrected chi connectivity index (χ1v) is 6.87. The quantitative estimate of drug-likeness (QED) is 0.785. The molecule has 15 heavy (non-hydrogen) atoms. The highest BCUT2D eigenvalue weighted by Gasteiger charge is 2.26. The smallest absolute Gasteiger partial charge is 0.194 e. The Morgan fingerprint density at radius 3 is 3.00 bits per heavy atom. The highest BCUT2D eigenvalue weighted by Crippen LogP contribution is 2.29. The lowest BCUT2D eigenvalue weighted by Crippen LogP contribution is -2.23. The predicted molar refractivity (Wildman–Crippen MR) is 65.3 cm³/mol. The molecule has 0 aliphatic carbocycles. The van der Waals surface area contributed by atoms with Crippen LogP contribution >= 0.6 is 27.7 Å². The van der Waals surface area contributed by atoms with Crippen LogP contribution in [0.1, 0.15) is 29.8 Å². The number of hydrogen-bond donors (Lipinski definition) is 0. The van der Waals surface area contributed by atoms with Gasteiger partial charge in [-0.25, -0.2) is 0 Å². The monoisotopic (exact) mass is 288 g/mol. The van der Waals surface area contributed by atoms with E-state index in [2.05, 4.69) is 21.0 Å². The van der Waals surface area contributed by atoms with Gasteiger partial charge >= 0.3 is 0 Å². The molecule has 1 atom stereocenters. The summed E-state index contributed by atoms with van der Waals surface area (Å²) in [5.41, 5.74) is 0.703. The van der Waals surface area contributed by atoms with E-state index < -0.39 is 0 Å². The van der Waals surface area contributed by atoms with E-state index in [1.165, 1.54) is 12.8 Å². The van der Waals surface area contributed by atoms with Crippen LogP contribution in [0.4, 0.5) is 0 Å². The zero-order valence-electron chi connectivity index (χ0n) is 8.57. The minimum absolute atomic E-state index is 0.130. The Kier molecular flexibility index (Phi) is 3.51. The van der Waals surface area contributed by atoms with Crippen LogP contribution in [0.25, 0.3) is 0 Å². The molecule has 0 N–H and O–H groups in total. The van der Waals surface area contributed by atoms with Crippen molar-refractivity contribution in [3.05, 3.63) is 16.4 Å². The molecule has 1 aliphatic heterocycles. The molecule has 0 aromatic carbocycles. The maximum absolute atomic E-state index is 12.2. The van der Waals surface area contributed by atoms with Gasteiger partial charge in [0.1, 0.15) is 5.69 Å². The van der Waals surface area contributed by atoms with Crippen molar-refractivity contribution >= 4 is 33.5 Å². The van der Waals surface area contributed by atoms with E-state index in [0.29, 0.717) is 5.69 Å². The Morgan fingerprint density at radius 1 is 1.67 bits per heavy atom. The van der Waals surface area contributed by atoms with Crippen LogP contribution < -0.4 is 0 Å². The second-order valence-corrected chi connectivity index (χ2v) is 5.85. The van der Waals surface area contributed by atoms with Gasteiger partial charge in [0.05, 0.1) is 15.9 Å². The number of nitrogens with zero attached hydrogens (tertiary/aromatic N) is 2. The van der Waals surface area contributed by atoms with Crippen LogP contribution in [0.15, 0.2) is 10.7 Å². The number of aromatic nitrogens is 2. The van der Waals surface area contributed by atoms with Crippen LogP contribution in [0, 0.1) is 0 Å². The molecular formula is C10H13BrN2OS. The molecule has 2 rings (SSSR count). The molecule has 1 saturated heterocycles. The average molecular weight is 289 g/mol. The standard InChI is InChI=1S/C10H13BrN2OS/c1-13-9(7(11)6-12-13)10(14)8-4-2-3-5-15-8/h6,8H,2-5H2,1H3. The van der Waals surface area contributed by atoms with Gasteiger partial charge in [-0.15, -0.1) is 0 Å². The molecule has 1 aromatic heterocycles. The first-order valence-electron chi connectivity index (χ1n) is 5.03. The molecule has 0 saturated carbocycles. The molecule has 82 valence electrons. The van der Waals surface area contributed by atoms with Gasteiger partial charge in [0, 0.05) is 7.05 Å². The van der Waals surface area contributed by atoms with Crippen molar-refractivity contribution in [2.75, 3.05) is 5.75 Å². The van der Waals surface area contributed by atoms with Gasteiger partial charge in [-0.3, -0.25) is 9.48 Å². The number of ketones is 1. The Labute approximate surface area is 102 Å². The van der Waals surface area contributed by atoms with Gasteiger partial charge in [-0.05, 0) is 34.5 Å². The number of rotatable bonds is 2. The molecule has 2 heterocycles. The molecule has 1 unspecified atom stereocenters. The summed E-state index contributed by atoms with van der Waals surface area (Å²) in [5.74, 6) is 1.32. The minimum Gasteiger partial charge on any atom is -0.291 e. The van der Waals surface area contributed by atoms with Crippen molar-refractivity contribution < 1.29 is 4.79 Å². The maximum atomic E-state index is 12.2. The van der Waals surface area contributed by atoms with E-state index in [-0.39, 0.29) is 11.0 Å². The predicted octanol–water partition coefficient (Wildman–Crippen LogP) is 2.65. The molecule has 1 aliphatic rings. The Bertz CT molecular complexity index is 352. The van der Waals surface area contributed by atoms with Crippen molar-refractivity contribution in [2.24, 2.45) is 7.05 Å². The molecule has 1 aromatic rings. The molecule has 0 spiro atoms. The fourth-order valence-electron chi connectivity index (χ4n) is 1.79. The maximum Gasteiger partial charge on any atom is 0.194 e. The summed E-state index contributed by atoms with van der Waals surface area (Å²) in [6.07, 6.45) is 5.09. The summed E-state index contributed by atoms with van der Waals surface area (Å²) in [5, 5.41) is 4.20. The normalized spacial score (nSPS) is 21.6. The average Bonchev–Trinajstić information content (AvgIpc) is 2.59. The molecule has 3 nitrogen and oxygen atoms in total. The van der Waals surface area contributed by atoms with E-state index >= 15 is 0 Å². The molecule has 5 heteroatoms. The van der Waals surface area contributed by atoms with Gasteiger partial charge in [0.2, 0.25) is 0 Å². The van der Waals surface area contributed by atoms with Crippen molar-refractivity contribution in [1.82, 2.24) is 9.78 Å². The Balaban J connectivity index is 2.19. The lowest BCUT2D eigenvalue weighted by molar-refractivity contribution is 0.0975. The topological polar surface area (TPSA) is 34.9 Å². The van der Waals surface area contributed by atoms with Gasteiger partial charge in [0.25, 0.3) is 0 Å². The van der Waals surface area contributed by atoms with E-state index in [0.717, 1.165) is 16.6 Å². The van der Waals surface area contributed by atoms with Gasteiger partial charge in [-0.1, -0.05) is 6.42 Å². The number of Topliss-reactive ketones (excluding diaryl/α,β-unsaturated/α-hetero) is 1. The number of hydrogen-bond acceptors (Lipinski definition) is 3. The van der Waals surface area contributed by atoms with E-state index in [1.54, 1.807) is 22.6 Å². The van der Waals surface area contributed by atoms with Gasteiger partial charge in [-0.2, -0.15) is 16.9 Å². The van der Waals surface area contributed by atoms with Crippen LogP contribution in [-0.2, 0) is 7.05 Å². The lowest BCUT2D eigenvalue weighted by atomic mass is 10.1. The fraction of sp³-hybridized carbons (Fsp3) is 0.600. The van der Waals surface area contributed by atoms with Gasteiger partial charge < -0.3 is 0 Å². The van der Waals surface area contributed by atoms with Crippen molar-refractivity contribution in [2.45, 2.75) is 24.5 Å². The summed E-state index contributed by atoms with van der Waals surface area (Å²) < 4.78 is 2.46. The molecule has 1 fully saturated rings. The molecule has 0 amide bonds. The lowest BCUT2D eigenvalue weighted by Gasteiger charge is -2.19. The molecule has 0 radical (unpaired) electrons. The Morgan fingerprint density at radius 2 is 2.47 bits per heavy atom. The second kappa shape index (κ2) is 4.70. The first-order chi connectivity index (χ1) is 7.20. The largest absolute Gasteiger partial charge is 0.291 e. The number of carbonyl (C=O) groups is 1. The summed E-state index contributed by atoms with van der Waals surface area (Å²) in [6, 6.07) is 0.